The molecular weight excluding hydrogens is 305 g/mol. The third kappa shape index (κ3) is 70.7. The molecule has 10 heteroatoms. The molecule has 0 aromatic carbocycles. The molecule has 0 bridgehead atoms. The van der Waals surface area contributed by atoms with Crippen LogP contribution >= 0.6 is 0 Å². The van der Waals surface area contributed by atoms with Crippen LogP contribution in [0.4, 0.5) is 0 Å². The molecule has 0 aliphatic carbocycles. The van der Waals surface area contributed by atoms with Gasteiger partial charge in [0.15, 0.2) is 0 Å². The van der Waals surface area contributed by atoms with Gasteiger partial charge in [0.2, 0.25) is 0 Å². The summed E-state index contributed by atoms with van der Waals surface area (Å²) < 4.78 is 0. The fourth-order valence-electron chi connectivity index (χ4n) is 0. The van der Waals surface area contributed by atoms with Gasteiger partial charge in [-0.05, 0) is 0 Å². The number of hydrogen-bond donors (Lipinski definition) is 6. The van der Waals surface area contributed by atoms with Crippen molar-refractivity contribution in [2.24, 2.45) is 0 Å². The van der Waals surface area contributed by atoms with Crippen LogP contribution in [0.1, 0.15) is 0 Å². The fraction of sp³-hybridized carbons (Fsp3) is 0.500. The molecule has 0 heterocycles. The molecule has 0 aromatic rings. The second-order valence-electron chi connectivity index (χ2n) is 1.66. The maximum absolute atomic E-state index is 9.12. The SMILES string of the molecule is O=C(O)CO.O=C(O)CO.O=C(O)CO.[Y]. The van der Waals surface area contributed by atoms with Crippen LogP contribution in [0.2, 0.25) is 0 Å². The standard InChI is InChI=1S/3C2H4O3.Y/c3*3-1-2(4)5;/h3*3H,1H2,(H,4,5);. The number of aliphatic carboxylic acids is 3. The normalized spacial score (nSPS) is 6.94. The van der Waals surface area contributed by atoms with Gasteiger partial charge in [0, 0.05) is 32.7 Å². The molecule has 0 atom stereocenters. The summed E-state index contributed by atoms with van der Waals surface area (Å²) in [4.78, 5) is 27.4. The molecule has 9 nitrogen and oxygen atoms in total. The molecule has 0 saturated heterocycles. The van der Waals surface area contributed by atoms with E-state index in [9.17, 15) is 0 Å². The maximum atomic E-state index is 9.12. The van der Waals surface area contributed by atoms with Gasteiger partial charge in [0.05, 0.1) is 0 Å². The number of hydrogen-bond acceptors (Lipinski definition) is 6. The zero-order valence-electron chi connectivity index (χ0n) is 8.11. The van der Waals surface area contributed by atoms with Crippen molar-refractivity contribution in [2.45, 2.75) is 0 Å². The van der Waals surface area contributed by atoms with E-state index >= 15 is 0 Å². The minimum atomic E-state index is -1.19. The summed E-state index contributed by atoms with van der Waals surface area (Å²) in [6, 6.07) is 0. The van der Waals surface area contributed by atoms with Crippen LogP contribution in [0.3, 0.4) is 0 Å². The van der Waals surface area contributed by atoms with Crippen LogP contribution in [0.15, 0.2) is 0 Å². The summed E-state index contributed by atoms with van der Waals surface area (Å²) >= 11 is 0. The zero-order valence-corrected chi connectivity index (χ0v) is 10.9. The first kappa shape index (κ1) is 24.6. The van der Waals surface area contributed by atoms with Crippen LogP contribution in [-0.2, 0) is 47.1 Å². The van der Waals surface area contributed by atoms with Gasteiger partial charge in [-0.25, -0.2) is 14.4 Å². The van der Waals surface area contributed by atoms with Crippen LogP contribution in [0.5, 0.6) is 0 Å². The van der Waals surface area contributed by atoms with Crippen molar-refractivity contribution in [3.8, 4) is 0 Å². The number of aliphatic hydroxyl groups excluding tert-OH is 3. The second-order valence-corrected chi connectivity index (χ2v) is 1.66. The summed E-state index contributed by atoms with van der Waals surface area (Å²) in [6.07, 6.45) is 0. The van der Waals surface area contributed by atoms with Crippen molar-refractivity contribution in [3.05, 3.63) is 0 Å². The largest absolute Gasteiger partial charge is 0.480 e. The van der Waals surface area contributed by atoms with E-state index in [0.29, 0.717) is 0 Å². The van der Waals surface area contributed by atoms with Crippen molar-refractivity contribution in [3.63, 3.8) is 0 Å². The average molecular weight is 317 g/mol. The predicted molar refractivity (Wildman–Crippen MR) is 44.2 cm³/mol. The predicted octanol–water partition coefficient (Wildman–Crippen LogP) is -2.81. The Morgan fingerprint density at radius 2 is 0.688 bits per heavy atom. The quantitative estimate of drug-likeness (QED) is 0.321. The molecule has 0 rings (SSSR count). The Labute approximate surface area is 115 Å². The molecule has 0 unspecified atom stereocenters. The first-order chi connectivity index (χ1) is 6.81. The third-order valence-corrected chi connectivity index (χ3v) is 0.406. The Morgan fingerprint density at radius 1 is 0.625 bits per heavy atom. The van der Waals surface area contributed by atoms with Gasteiger partial charge in [0.1, 0.15) is 19.8 Å². The number of aliphatic hydroxyl groups is 3. The Balaban J connectivity index is -0.0000000655. The number of rotatable bonds is 3. The van der Waals surface area contributed by atoms with Crippen molar-refractivity contribution in [1.29, 1.82) is 0 Å². The van der Waals surface area contributed by atoms with Gasteiger partial charge in [-0.3, -0.25) is 0 Å². The molecule has 0 aromatic heterocycles. The molecule has 0 spiro atoms. The van der Waals surface area contributed by atoms with Crippen molar-refractivity contribution in [1.82, 2.24) is 0 Å². The van der Waals surface area contributed by atoms with Crippen molar-refractivity contribution < 1.29 is 77.7 Å². The van der Waals surface area contributed by atoms with Gasteiger partial charge in [0.25, 0.3) is 0 Å². The van der Waals surface area contributed by atoms with E-state index < -0.39 is 37.7 Å². The van der Waals surface area contributed by atoms with Gasteiger partial charge < -0.3 is 30.6 Å². The summed E-state index contributed by atoms with van der Waals surface area (Å²) in [5.41, 5.74) is 0. The fourth-order valence-corrected chi connectivity index (χ4v) is 0. The maximum Gasteiger partial charge on any atom is 0.329 e. The van der Waals surface area contributed by atoms with Crippen LogP contribution < -0.4 is 0 Å². The number of carboxylic acid groups (broad SMARTS) is 3. The number of carboxylic acids is 3. The third-order valence-electron chi connectivity index (χ3n) is 0.406. The van der Waals surface area contributed by atoms with E-state index in [0.717, 1.165) is 0 Å². The van der Waals surface area contributed by atoms with E-state index in [4.69, 9.17) is 45.0 Å². The van der Waals surface area contributed by atoms with Gasteiger partial charge in [-0.2, -0.15) is 0 Å². The van der Waals surface area contributed by atoms with E-state index in [2.05, 4.69) is 0 Å². The minimum absolute atomic E-state index is 0. The van der Waals surface area contributed by atoms with Gasteiger partial charge >= 0.3 is 17.9 Å². The van der Waals surface area contributed by atoms with E-state index in [1.54, 1.807) is 0 Å². The summed E-state index contributed by atoms with van der Waals surface area (Å²) in [5, 5.41) is 45.0. The molecule has 0 aliphatic heterocycles. The average Bonchev–Trinajstić information content (AvgIpc) is 2.19. The Morgan fingerprint density at radius 3 is 0.688 bits per heavy atom. The monoisotopic (exact) mass is 317 g/mol. The zero-order chi connectivity index (χ0) is 12.9. The molecular formula is C6H12O9Y. The van der Waals surface area contributed by atoms with Crippen LogP contribution in [0, 0.1) is 0 Å². The molecule has 93 valence electrons. The van der Waals surface area contributed by atoms with E-state index in [1.807, 2.05) is 0 Å². The molecule has 0 aliphatic rings. The minimum Gasteiger partial charge on any atom is -0.480 e. The Kier molecular flexibility index (Phi) is 30.5. The first-order valence-electron chi connectivity index (χ1n) is 3.29. The Bertz CT molecular complexity index is 159. The molecule has 0 amide bonds. The molecule has 1 radical (unpaired) electrons. The van der Waals surface area contributed by atoms with Crippen LogP contribution in [0.25, 0.3) is 0 Å². The van der Waals surface area contributed by atoms with E-state index in [1.165, 1.54) is 0 Å². The number of carbonyl (C=O) groups is 3. The van der Waals surface area contributed by atoms with Crippen molar-refractivity contribution >= 4 is 17.9 Å². The van der Waals surface area contributed by atoms with Crippen LogP contribution in [-0.4, -0.2) is 68.4 Å². The molecule has 16 heavy (non-hydrogen) atoms. The molecule has 6 N–H and O–H groups in total. The van der Waals surface area contributed by atoms with Gasteiger partial charge in [-0.15, -0.1) is 0 Å². The summed E-state index contributed by atoms with van der Waals surface area (Å²) in [7, 11) is 0. The Hall–Kier alpha value is -0.606. The smallest absolute Gasteiger partial charge is 0.329 e. The first-order valence-corrected chi connectivity index (χ1v) is 3.29. The van der Waals surface area contributed by atoms with E-state index in [-0.39, 0.29) is 32.7 Å². The molecule has 0 saturated carbocycles. The van der Waals surface area contributed by atoms with Crippen molar-refractivity contribution in [2.75, 3.05) is 19.8 Å². The molecule has 0 fully saturated rings. The van der Waals surface area contributed by atoms with Gasteiger partial charge in [-0.1, -0.05) is 0 Å². The summed E-state index contributed by atoms with van der Waals surface area (Å²) in [6.45, 7) is -2.33. The summed E-state index contributed by atoms with van der Waals surface area (Å²) in [5.74, 6) is -3.57. The second kappa shape index (κ2) is 19.9. The topological polar surface area (TPSA) is 173 Å².